The Morgan fingerprint density at radius 3 is 2.94 bits per heavy atom. The lowest BCUT2D eigenvalue weighted by Crippen LogP contribution is -2.11. The first-order valence-corrected chi connectivity index (χ1v) is 6.65. The van der Waals surface area contributed by atoms with Crippen LogP contribution in [0.2, 0.25) is 0 Å². The van der Waals surface area contributed by atoms with Crippen LogP contribution in [0.3, 0.4) is 0 Å². The van der Waals surface area contributed by atoms with Crippen molar-refractivity contribution in [2.24, 2.45) is 5.92 Å². The molecule has 0 amide bonds. The first-order valence-electron chi connectivity index (χ1n) is 5.86. The number of hydrogen-bond donors (Lipinski definition) is 1. The standard InChI is InChI=1S/C13H16BrNO2/c1-9-3-2-4-12(9)15-8-10(14)7-11(15)5-6-13(16)17/h5-9,12H,2-4H2,1H3,(H,16,17). The normalized spacial score (nSPS) is 24.6. The molecule has 2 atom stereocenters. The molecule has 0 spiro atoms. The highest BCUT2D eigenvalue weighted by molar-refractivity contribution is 9.10. The summed E-state index contributed by atoms with van der Waals surface area (Å²) in [6, 6.07) is 2.46. The van der Waals surface area contributed by atoms with E-state index in [1.165, 1.54) is 25.3 Å². The maximum atomic E-state index is 10.6. The first kappa shape index (κ1) is 12.4. The van der Waals surface area contributed by atoms with Crippen LogP contribution in [-0.4, -0.2) is 15.6 Å². The zero-order valence-corrected chi connectivity index (χ0v) is 11.4. The lowest BCUT2D eigenvalue weighted by Gasteiger charge is -2.19. The summed E-state index contributed by atoms with van der Waals surface area (Å²) in [6.07, 6.45) is 8.59. The number of carbonyl (C=O) groups is 1. The Bertz CT molecular complexity index is 450. The zero-order valence-electron chi connectivity index (χ0n) is 9.77. The number of halogens is 1. The van der Waals surface area contributed by atoms with Crippen molar-refractivity contribution < 1.29 is 9.90 Å². The van der Waals surface area contributed by atoms with Crippen molar-refractivity contribution in [2.45, 2.75) is 32.2 Å². The minimum atomic E-state index is -0.909. The Balaban J connectivity index is 2.30. The van der Waals surface area contributed by atoms with Gasteiger partial charge in [-0.25, -0.2) is 4.79 Å². The van der Waals surface area contributed by atoms with Crippen molar-refractivity contribution in [3.05, 3.63) is 28.5 Å². The molecule has 0 bridgehead atoms. The first-order chi connectivity index (χ1) is 8.08. The molecule has 0 aliphatic heterocycles. The number of carboxylic acid groups (broad SMARTS) is 1. The summed E-state index contributed by atoms with van der Waals surface area (Å²) in [4.78, 5) is 10.6. The van der Waals surface area contributed by atoms with E-state index >= 15 is 0 Å². The molecule has 3 nitrogen and oxygen atoms in total. The van der Waals surface area contributed by atoms with E-state index in [-0.39, 0.29) is 0 Å². The van der Waals surface area contributed by atoms with Crippen molar-refractivity contribution in [2.75, 3.05) is 0 Å². The molecule has 1 aliphatic rings. The molecule has 1 aromatic rings. The summed E-state index contributed by atoms with van der Waals surface area (Å²) in [5, 5.41) is 8.68. The Morgan fingerprint density at radius 2 is 2.35 bits per heavy atom. The van der Waals surface area contributed by atoms with E-state index in [2.05, 4.69) is 27.4 Å². The summed E-state index contributed by atoms with van der Waals surface area (Å²) in [7, 11) is 0. The van der Waals surface area contributed by atoms with Gasteiger partial charge in [0.05, 0.1) is 0 Å². The molecule has 0 saturated heterocycles. The highest BCUT2D eigenvalue weighted by Crippen LogP contribution is 2.37. The molecule has 17 heavy (non-hydrogen) atoms. The second-order valence-corrected chi connectivity index (χ2v) is 5.55. The van der Waals surface area contributed by atoms with Crippen LogP contribution >= 0.6 is 15.9 Å². The lowest BCUT2D eigenvalue weighted by molar-refractivity contribution is -0.131. The molecule has 2 rings (SSSR count). The number of rotatable bonds is 3. The van der Waals surface area contributed by atoms with E-state index < -0.39 is 5.97 Å². The highest BCUT2D eigenvalue weighted by atomic mass is 79.9. The number of hydrogen-bond acceptors (Lipinski definition) is 1. The Morgan fingerprint density at radius 1 is 1.59 bits per heavy atom. The number of carboxylic acids is 1. The molecule has 1 N–H and O–H groups in total. The minimum Gasteiger partial charge on any atom is -0.478 e. The van der Waals surface area contributed by atoms with Crippen LogP contribution in [0, 0.1) is 5.92 Å². The van der Waals surface area contributed by atoms with Crippen LogP contribution in [-0.2, 0) is 4.79 Å². The third-order valence-corrected chi connectivity index (χ3v) is 3.85. The lowest BCUT2D eigenvalue weighted by atomic mass is 10.1. The van der Waals surface area contributed by atoms with Gasteiger partial charge >= 0.3 is 5.97 Å². The maximum Gasteiger partial charge on any atom is 0.328 e. The molecule has 0 radical (unpaired) electrons. The Hall–Kier alpha value is -1.03. The largest absolute Gasteiger partial charge is 0.478 e. The summed E-state index contributed by atoms with van der Waals surface area (Å²) in [5.74, 6) is -0.250. The van der Waals surface area contributed by atoms with Crippen molar-refractivity contribution in [1.82, 2.24) is 4.57 Å². The number of nitrogens with zero attached hydrogens (tertiary/aromatic N) is 1. The van der Waals surface area contributed by atoms with E-state index in [1.807, 2.05) is 12.3 Å². The van der Waals surface area contributed by atoms with Gasteiger partial charge in [-0.1, -0.05) is 13.3 Å². The highest BCUT2D eigenvalue weighted by Gasteiger charge is 2.25. The Labute approximate surface area is 109 Å². The fourth-order valence-electron chi connectivity index (χ4n) is 2.58. The predicted octanol–water partition coefficient (Wildman–Crippen LogP) is 3.71. The van der Waals surface area contributed by atoms with Gasteiger partial charge in [-0.05, 0) is 46.8 Å². The van der Waals surface area contributed by atoms with Crippen molar-refractivity contribution in [3.63, 3.8) is 0 Å². The van der Waals surface area contributed by atoms with Crippen LogP contribution in [0.1, 0.15) is 37.9 Å². The molecular formula is C13H16BrNO2. The SMILES string of the molecule is CC1CCCC1n1cc(Br)cc1C=CC(=O)O. The van der Waals surface area contributed by atoms with E-state index in [0.717, 1.165) is 10.2 Å². The monoisotopic (exact) mass is 297 g/mol. The zero-order chi connectivity index (χ0) is 12.4. The fourth-order valence-corrected chi connectivity index (χ4v) is 3.03. The van der Waals surface area contributed by atoms with Crippen molar-refractivity contribution in [3.8, 4) is 0 Å². The average Bonchev–Trinajstić information content (AvgIpc) is 2.81. The van der Waals surface area contributed by atoms with Gasteiger partial charge in [-0.2, -0.15) is 0 Å². The molecular weight excluding hydrogens is 282 g/mol. The van der Waals surface area contributed by atoms with Crippen molar-refractivity contribution >= 4 is 28.0 Å². The number of aromatic nitrogens is 1. The van der Waals surface area contributed by atoms with Crippen LogP contribution in [0.25, 0.3) is 6.08 Å². The minimum absolute atomic E-state index is 0.495. The van der Waals surface area contributed by atoms with Crippen LogP contribution in [0.4, 0.5) is 0 Å². The van der Waals surface area contributed by atoms with Gasteiger partial charge < -0.3 is 9.67 Å². The summed E-state index contributed by atoms with van der Waals surface area (Å²) in [6.45, 7) is 2.26. The van der Waals surface area contributed by atoms with E-state index in [0.29, 0.717) is 12.0 Å². The topological polar surface area (TPSA) is 42.2 Å². The van der Waals surface area contributed by atoms with Gasteiger partial charge in [0, 0.05) is 28.5 Å². The Kier molecular flexibility index (Phi) is 3.72. The molecule has 4 heteroatoms. The summed E-state index contributed by atoms with van der Waals surface area (Å²) < 4.78 is 3.20. The van der Waals surface area contributed by atoms with Gasteiger partial charge in [0.15, 0.2) is 0 Å². The van der Waals surface area contributed by atoms with Crippen molar-refractivity contribution in [1.29, 1.82) is 0 Å². The molecule has 1 fully saturated rings. The van der Waals surface area contributed by atoms with Gasteiger partial charge in [0.25, 0.3) is 0 Å². The van der Waals surface area contributed by atoms with Gasteiger partial charge in [0.2, 0.25) is 0 Å². The van der Waals surface area contributed by atoms with Crippen LogP contribution in [0.15, 0.2) is 22.8 Å². The smallest absolute Gasteiger partial charge is 0.328 e. The molecule has 1 saturated carbocycles. The average molecular weight is 298 g/mol. The molecule has 1 heterocycles. The second-order valence-electron chi connectivity index (χ2n) is 4.64. The number of aliphatic carboxylic acids is 1. The molecule has 2 unspecified atom stereocenters. The molecule has 92 valence electrons. The third kappa shape index (κ3) is 2.80. The van der Waals surface area contributed by atoms with E-state index in [9.17, 15) is 4.79 Å². The van der Waals surface area contributed by atoms with Crippen LogP contribution < -0.4 is 0 Å². The second kappa shape index (κ2) is 5.08. The fraction of sp³-hybridized carbons (Fsp3) is 0.462. The summed E-state index contributed by atoms with van der Waals surface area (Å²) in [5.41, 5.74) is 0.957. The van der Waals surface area contributed by atoms with Gasteiger partial charge in [-0.3, -0.25) is 0 Å². The quantitative estimate of drug-likeness (QED) is 0.864. The maximum absolute atomic E-state index is 10.6. The molecule has 1 aromatic heterocycles. The molecule has 1 aliphatic carbocycles. The predicted molar refractivity (Wildman–Crippen MR) is 70.9 cm³/mol. The van der Waals surface area contributed by atoms with E-state index in [4.69, 9.17) is 5.11 Å². The molecule has 0 aromatic carbocycles. The van der Waals surface area contributed by atoms with Gasteiger partial charge in [0.1, 0.15) is 0 Å². The van der Waals surface area contributed by atoms with Crippen LogP contribution in [0.5, 0.6) is 0 Å². The van der Waals surface area contributed by atoms with Gasteiger partial charge in [-0.15, -0.1) is 0 Å². The van der Waals surface area contributed by atoms with E-state index in [1.54, 1.807) is 6.08 Å². The summed E-state index contributed by atoms with van der Waals surface area (Å²) >= 11 is 3.45. The third-order valence-electron chi connectivity index (χ3n) is 3.42.